The second-order valence-electron chi connectivity index (χ2n) is 4.46. The lowest BCUT2D eigenvalue weighted by Gasteiger charge is -2.25. The van der Waals surface area contributed by atoms with E-state index in [4.69, 9.17) is 0 Å². The zero-order valence-electron chi connectivity index (χ0n) is 9.74. The minimum atomic E-state index is -0.584. The van der Waals surface area contributed by atoms with E-state index in [2.05, 4.69) is 4.98 Å². The van der Waals surface area contributed by atoms with E-state index < -0.39 is 17.0 Å². The van der Waals surface area contributed by atoms with Crippen molar-refractivity contribution < 1.29 is 8.78 Å². The van der Waals surface area contributed by atoms with Crippen LogP contribution in [0.15, 0.2) is 42.6 Å². The van der Waals surface area contributed by atoms with E-state index in [1.807, 2.05) is 26.0 Å². The van der Waals surface area contributed by atoms with Crippen LogP contribution in [0.4, 0.5) is 8.78 Å². The van der Waals surface area contributed by atoms with E-state index in [0.29, 0.717) is 5.56 Å². The monoisotopic (exact) mass is 233 g/mol. The van der Waals surface area contributed by atoms with Crippen LogP contribution in [0.2, 0.25) is 0 Å². The fourth-order valence-corrected chi connectivity index (χ4v) is 1.87. The molecule has 0 N–H and O–H groups in total. The van der Waals surface area contributed by atoms with Crippen LogP contribution in [-0.4, -0.2) is 4.98 Å². The Hall–Kier alpha value is -1.77. The lowest BCUT2D eigenvalue weighted by Crippen LogP contribution is -2.22. The molecule has 0 radical (unpaired) electrons. The minimum Gasteiger partial charge on any atom is -0.260 e. The Labute approximate surface area is 99.1 Å². The zero-order valence-corrected chi connectivity index (χ0v) is 9.74. The van der Waals surface area contributed by atoms with Crippen molar-refractivity contribution in [2.45, 2.75) is 19.3 Å². The first-order valence-electron chi connectivity index (χ1n) is 5.39. The first-order chi connectivity index (χ1) is 8.01. The first-order valence-corrected chi connectivity index (χ1v) is 5.39. The molecule has 0 atom stereocenters. The van der Waals surface area contributed by atoms with Gasteiger partial charge in [-0.1, -0.05) is 26.0 Å². The van der Waals surface area contributed by atoms with Crippen LogP contribution in [0, 0.1) is 11.6 Å². The Morgan fingerprint density at radius 1 is 1.06 bits per heavy atom. The van der Waals surface area contributed by atoms with E-state index >= 15 is 0 Å². The Kier molecular flexibility index (Phi) is 2.92. The van der Waals surface area contributed by atoms with Crippen LogP contribution in [-0.2, 0) is 5.41 Å². The van der Waals surface area contributed by atoms with Gasteiger partial charge in [-0.25, -0.2) is 8.78 Å². The van der Waals surface area contributed by atoms with Crippen molar-refractivity contribution in [1.29, 1.82) is 0 Å². The average molecular weight is 233 g/mol. The van der Waals surface area contributed by atoms with Gasteiger partial charge in [-0.3, -0.25) is 4.98 Å². The third-order valence-corrected chi connectivity index (χ3v) is 2.91. The summed E-state index contributed by atoms with van der Waals surface area (Å²) < 4.78 is 26.6. The third-order valence-electron chi connectivity index (χ3n) is 2.91. The summed E-state index contributed by atoms with van der Waals surface area (Å²) in [5.41, 5.74) is 0.613. The van der Waals surface area contributed by atoms with Gasteiger partial charge in [-0.05, 0) is 23.8 Å². The second-order valence-corrected chi connectivity index (χ2v) is 4.46. The predicted octanol–water partition coefficient (Wildman–Crippen LogP) is 3.69. The van der Waals surface area contributed by atoms with Crippen LogP contribution >= 0.6 is 0 Å². The van der Waals surface area contributed by atoms with Gasteiger partial charge in [0, 0.05) is 17.7 Å². The van der Waals surface area contributed by atoms with Gasteiger partial charge in [-0.2, -0.15) is 0 Å². The van der Waals surface area contributed by atoms with Crippen molar-refractivity contribution in [1.82, 2.24) is 4.98 Å². The molecule has 1 aromatic heterocycles. The molecule has 1 aromatic carbocycles. The lowest BCUT2D eigenvalue weighted by atomic mass is 9.81. The van der Waals surface area contributed by atoms with Crippen molar-refractivity contribution >= 4 is 0 Å². The van der Waals surface area contributed by atoms with Crippen LogP contribution in [0.25, 0.3) is 0 Å². The molecular formula is C14H13F2N. The SMILES string of the molecule is CC(C)(c1ccccn1)c1ccc(F)cc1F. The fraction of sp³-hybridized carbons (Fsp3) is 0.214. The van der Waals surface area contributed by atoms with Crippen LogP contribution in [0.3, 0.4) is 0 Å². The van der Waals surface area contributed by atoms with Gasteiger partial charge in [0.2, 0.25) is 0 Å². The number of hydrogen-bond acceptors (Lipinski definition) is 1. The number of halogens is 2. The van der Waals surface area contributed by atoms with E-state index in [0.717, 1.165) is 11.8 Å². The van der Waals surface area contributed by atoms with Gasteiger partial charge in [-0.15, -0.1) is 0 Å². The van der Waals surface area contributed by atoms with E-state index in [1.165, 1.54) is 12.1 Å². The zero-order chi connectivity index (χ0) is 12.5. The number of rotatable bonds is 2. The number of aromatic nitrogens is 1. The molecule has 0 spiro atoms. The van der Waals surface area contributed by atoms with Crippen molar-refractivity contribution in [3.63, 3.8) is 0 Å². The molecule has 0 aliphatic carbocycles. The highest BCUT2D eigenvalue weighted by atomic mass is 19.1. The van der Waals surface area contributed by atoms with Gasteiger partial charge in [0.1, 0.15) is 11.6 Å². The van der Waals surface area contributed by atoms with Crippen LogP contribution in [0.1, 0.15) is 25.1 Å². The lowest BCUT2D eigenvalue weighted by molar-refractivity contribution is 0.524. The maximum absolute atomic E-state index is 13.8. The molecular weight excluding hydrogens is 220 g/mol. The molecule has 88 valence electrons. The highest BCUT2D eigenvalue weighted by Crippen LogP contribution is 2.31. The maximum Gasteiger partial charge on any atom is 0.130 e. The molecule has 0 aliphatic rings. The standard InChI is InChI=1S/C14H13F2N/c1-14(2,13-5-3-4-8-17-13)11-7-6-10(15)9-12(11)16/h3-9H,1-2H3. The molecule has 2 rings (SSSR count). The molecule has 0 fully saturated rings. The number of hydrogen-bond donors (Lipinski definition) is 0. The van der Waals surface area contributed by atoms with Crippen molar-refractivity contribution in [2.24, 2.45) is 0 Å². The molecule has 0 saturated carbocycles. The molecule has 0 saturated heterocycles. The van der Waals surface area contributed by atoms with Crippen molar-refractivity contribution in [3.8, 4) is 0 Å². The summed E-state index contributed by atoms with van der Waals surface area (Å²) in [6.45, 7) is 3.73. The molecule has 1 nitrogen and oxygen atoms in total. The highest BCUT2D eigenvalue weighted by molar-refractivity contribution is 5.34. The van der Waals surface area contributed by atoms with Crippen molar-refractivity contribution in [2.75, 3.05) is 0 Å². The molecule has 0 aliphatic heterocycles. The third kappa shape index (κ3) is 2.18. The molecule has 0 amide bonds. The first kappa shape index (κ1) is 11.7. The molecule has 0 unspecified atom stereocenters. The second kappa shape index (κ2) is 4.24. The highest BCUT2D eigenvalue weighted by Gasteiger charge is 2.27. The smallest absolute Gasteiger partial charge is 0.130 e. The summed E-state index contributed by atoms with van der Waals surface area (Å²) in [5, 5.41) is 0. The summed E-state index contributed by atoms with van der Waals surface area (Å²) in [4.78, 5) is 4.23. The van der Waals surface area contributed by atoms with Gasteiger partial charge in [0.15, 0.2) is 0 Å². The molecule has 3 heteroatoms. The van der Waals surface area contributed by atoms with Crippen molar-refractivity contribution in [3.05, 3.63) is 65.5 Å². The van der Waals surface area contributed by atoms with E-state index in [-0.39, 0.29) is 0 Å². The molecule has 0 bridgehead atoms. The predicted molar refractivity (Wildman–Crippen MR) is 62.7 cm³/mol. The Bertz CT molecular complexity index is 521. The normalized spacial score (nSPS) is 11.5. The summed E-state index contributed by atoms with van der Waals surface area (Å²) >= 11 is 0. The Morgan fingerprint density at radius 3 is 2.41 bits per heavy atom. The van der Waals surface area contributed by atoms with Gasteiger partial charge in [0.25, 0.3) is 0 Å². The number of benzene rings is 1. The number of nitrogens with zero attached hydrogens (tertiary/aromatic N) is 1. The Morgan fingerprint density at radius 2 is 1.82 bits per heavy atom. The Balaban J connectivity index is 2.52. The largest absolute Gasteiger partial charge is 0.260 e. The van der Waals surface area contributed by atoms with E-state index in [1.54, 1.807) is 12.3 Å². The van der Waals surface area contributed by atoms with Gasteiger partial charge >= 0.3 is 0 Å². The summed E-state index contributed by atoms with van der Waals surface area (Å²) in [7, 11) is 0. The summed E-state index contributed by atoms with van der Waals surface area (Å²) in [6.07, 6.45) is 1.67. The average Bonchev–Trinajstić information content (AvgIpc) is 2.29. The number of pyridine rings is 1. The van der Waals surface area contributed by atoms with Crippen LogP contribution in [0.5, 0.6) is 0 Å². The van der Waals surface area contributed by atoms with Gasteiger partial charge < -0.3 is 0 Å². The fourth-order valence-electron chi connectivity index (χ4n) is 1.87. The summed E-state index contributed by atoms with van der Waals surface area (Å²) in [5.74, 6) is -1.11. The quantitative estimate of drug-likeness (QED) is 0.771. The van der Waals surface area contributed by atoms with Crippen LogP contribution < -0.4 is 0 Å². The van der Waals surface area contributed by atoms with E-state index in [9.17, 15) is 8.78 Å². The minimum absolute atomic E-state index is 0.442. The molecule has 1 heterocycles. The maximum atomic E-state index is 13.8. The van der Waals surface area contributed by atoms with Gasteiger partial charge in [0.05, 0.1) is 5.69 Å². The summed E-state index contributed by atoms with van der Waals surface area (Å²) in [6, 6.07) is 9.14. The molecule has 2 aromatic rings. The topological polar surface area (TPSA) is 12.9 Å². The molecule has 17 heavy (non-hydrogen) atoms.